The van der Waals surface area contributed by atoms with E-state index in [9.17, 15) is 4.39 Å². The first-order valence-corrected chi connectivity index (χ1v) is 4.37. The van der Waals surface area contributed by atoms with Crippen molar-refractivity contribution >= 4 is 0 Å². The maximum Gasteiger partial charge on any atom is 0.165 e. The van der Waals surface area contributed by atoms with Gasteiger partial charge < -0.3 is 10.5 Å². The van der Waals surface area contributed by atoms with Crippen LogP contribution in [0.2, 0.25) is 0 Å². The molecule has 0 radical (unpaired) electrons. The molecule has 0 aliphatic rings. The number of halogens is 1. The molecule has 2 nitrogen and oxygen atoms in total. The van der Waals surface area contributed by atoms with E-state index >= 15 is 0 Å². The standard InChI is InChI=1S/C10H14FNO/c1-2-8(12)7-13-10-6-4-3-5-9(10)11/h3-6,8H,2,7,12H2,1H3/t8-/m0/s1. The van der Waals surface area contributed by atoms with Gasteiger partial charge in [-0.25, -0.2) is 4.39 Å². The van der Waals surface area contributed by atoms with E-state index in [0.29, 0.717) is 6.61 Å². The molecule has 1 aromatic carbocycles. The van der Waals surface area contributed by atoms with Gasteiger partial charge in [0.15, 0.2) is 11.6 Å². The summed E-state index contributed by atoms with van der Waals surface area (Å²) < 4.78 is 18.2. The lowest BCUT2D eigenvalue weighted by Crippen LogP contribution is -2.26. The number of benzene rings is 1. The SMILES string of the molecule is CC[C@H](N)COc1ccccc1F. The van der Waals surface area contributed by atoms with Gasteiger partial charge in [-0.3, -0.25) is 0 Å². The lowest BCUT2D eigenvalue weighted by atomic mass is 10.2. The summed E-state index contributed by atoms with van der Waals surface area (Å²) in [6, 6.07) is 6.29. The van der Waals surface area contributed by atoms with Gasteiger partial charge in [0.2, 0.25) is 0 Å². The van der Waals surface area contributed by atoms with Crippen LogP contribution in [-0.2, 0) is 0 Å². The average Bonchev–Trinajstić information content (AvgIpc) is 2.16. The zero-order chi connectivity index (χ0) is 9.68. The van der Waals surface area contributed by atoms with Crippen LogP contribution < -0.4 is 10.5 Å². The average molecular weight is 183 g/mol. The van der Waals surface area contributed by atoms with Crippen LogP contribution in [0, 0.1) is 5.82 Å². The molecule has 0 unspecified atom stereocenters. The van der Waals surface area contributed by atoms with Crippen LogP contribution in [0.5, 0.6) is 5.75 Å². The van der Waals surface area contributed by atoms with Gasteiger partial charge in [-0.2, -0.15) is 0 Å². The van der Waals surface area contributed by atoms with Crippen molar-refractivity contribution in [1.29, 1.82) is 0 Å². The zero-order valence-electron chi connectivity index (χ0n) is 7.66. The van der Waals surface area contributed by atoms with Gasteiger partial charge >= 0.3 is 0 Å². The molecule has 0 fully saturated rings. The number of ether oxygens (including phenoxy) is 1. The normalized spacial score (nSPS) is 12.5. The van der Waals surface area contributed by atoms with Crippen molar-refractivity contribution in [2.45, 2.75) is 19.4 Å². The molecule has 72 valence electrons. The Labute approximate surface area is 77.5 Å². The molecule has 0 aliphatic carbocycles. The Morgan fingerprint density at radius 2 is 2.15 bits per heavy atom. The summed E-state index contributed by atoms with van der Waals surface area (Å²) in [5.74, 6) is -0.0720. The molecule has 3 heteroatoms. The summed E-state index contributed by atoms with van der Waals surface area (Å²) in [6.07, 6.45) is 0.828. The van der Waals surface area contributed by atoms with Crippen LogP contribution in [0.15, 0.2) is 24.3 Å². The predicted octanol–water partition coefficient (Wildman–Crippen LogP) is 1.94. The van der Waals surface area contributed by atoms with E-state index in [1.54, 1.807) is 18.2 Å². The first-order valence-electron chi connectivity index (χ1n) is 4.37. The fraction of sp³-hybridized carbons (Fsp3) is 0.400. The monoisotopic (exact) mass is 183 g/mol. The van der Waals surface area contributed by atoms with E-state index in [0.717, 1.165) is 6.42 Å². The van der Waals surface area contributed by atoms with Crippen LogP contribution in [0.1, 0.15) is 13.3 Å². The molecule has 0 aliphatic heterocycles. The van der Waals surface area contributed by atoms with Crippen molar-refractivity contribution in [3.63, 3.8) is 0 Å². The van der Waals surface area contributed by atoms with Gasteiger partial charge in [0.25, 0.3) is 0 Å². The van der Waals surface area contributed by atoms with Crippen molar-refractivity contribution in [2.75, 3.05) is 6.61 Å². The minimum atomic E-state index is -0.342. The highest BCUT2D eigenvalue weighted by Crippen LogP contribution is 2.15. The van der Waals surface area contributed by atoms with E-state index in [1.807, 2.05) is 6.92 Å². The topological polar surface area (TPSA) is 35.2 Å². The minimum absolute atomic E-state index is 0.0281. The Balaban J connectivity index is 2.50. The first kappa shape index (κ1) is 9.99. The molecule has 13 heavy (non-hydrogen) atoms. The van der Waals surface area contributed by atoms with Crippen LogP contribution in [-0.4, -0.2) is 12.6 Å². The van der Waals surface area contributed by atoms with Crippen molar-refractivity contribution < 1.29 is 9.13 Å². The minimum Gasteiger partial charge on any atom is -0.489 e. The van der Waals surface area contributed by atoms with Crippen molar-refractivity contribution in [1.82, 2.24) is 0 Å². The Morgan fingerprint density at radius 1 is 1.46 bits per heavy atom. The number of hydrogen-bond acceptors (Lipinski definition) is 2. The molecule has 0 spiro atoms. The molecule has 0 saturated carbocycles. The highest BCUT2D eigenvalue weighted by atomic mass is 19.1. The van der Waals surface area contributed by atoms with E-state index < -0.39 is 0 Å². The number of nitrogens with two attached hydrogens (primary N) is 1. The van der Waals surface area contributed by atoms with Gasteiger partial charge in [0.1, 0.15) is 6.61 Å². The molecule has 0 heterocycles. The number of para-hydroxylation sites is 1. The van der Waals surface area contributed by atoms with E-state index in [-0.39, 0.29) is 17.6 Å². The molecule has 0 aromatic heterocycles. The van der Waals surface area contributed by atoms with Gasteiger partial charge in [-0.15, -0.1) is 0 Å². The van der Waals surface area contributed by atoms with Gasteiger partial charge in [0.05, 0.1) is 0 Å². The maximum atomic E-state index is 13.0. The highest BCUT2D eigenvalue weighted by Gasteiger charge is 2.03. The molecule has 1 atom stereocenters. The van der Waals surface area contributed by atoms with E-state index in [4.69, 9.17) is 10.5 Å². The molecule has 1 rings (SSSR count). The molecular weight excluding hydrogens is 169 g/mol. The molecular formula is C10H14FNO. The van der Waals surface area contributed by atoms with Crippen molar-refractivity contribution in [2.24, 2.45) is 5.73 Å². The molecule has 1 aromatic rings. The summed E-state index contributed by atoms with van der Waals surface area (Å²) >= 11 is 0. The molecule has 0 amide bonds. The third kappa shape index (κ3) is 3.03. The van der Waals surface area contributed by atoms with Crippen molar-refractivity contribution in [3.8, 4) is 5.75 Å². The largest absolute Gasteiger partial charge is 0.489 e. The number of hydrogen-bond donors (Lipinski definition) is 1. The van der Waals surface area contributed by atoms with E-state index in [2.05, 4.69) is 0 Å². The lowest BCUT2D eigenvalue weighted by Gasteiger charge is -2.11. The fourth-order valence-electron chi connectivity index (χ4n) is 0.876. The summed E-state index contributed by atoms with van der Waals surface area (Å²) in [5.41, 5.74) is 5.62. The summed E-state index contributed by atoms with van der Waals surface area (Å²) in [7, 11) is 0. The van der Waals surface area contributed by atoms with E-state index in [1.165, 1.54) is 6.07 Å². The van der Waals surface area contributed by atoms with Crippen LogP contribution in [0.25, 0.3) is 0 Å². The highest BCUT2D eigenvalue weighted by molar-refractivity contribution is 5.23. The molecule has 2 N–H and O–H groups in total. The quantitative estimate of drug-likeness (QED) is 0.774. The first-order chi connectivity index (χ1) is 6.24. The third-order valence-electron chi connectivity index (χ3n) is 1.81. The van der Waals surface area contributed by atoms with Gasteiger partial charge in [-0.1, -0.05) is 19.1 Å². The fourth-order valence-corrected chi connectivity index (χ4v) is 0.876. The molecule has 0 saturated heterocycles. The van der Waals surface area contributed by atoms with Gasteiger partial charge in [0, 0.05) is 6.04 Å². The van der Waals surface area contributed by atoms with Crippen molar-refractivity contribution in [3.05, 3.63) is 30.1 Å². The van der Waals surface area contributed by atoms with Crippen LogP contribution in [0.4, 0.5) is 4.39 Å². The second-order valence-corrected chi connectivity index (χ2v) is 2.91. The van der Waals surface area contributed by atoms with Crippen LogP contribution >= 0.6 is 0 Å². The third-order valence-corrected chi connectivity index (χ3v) is 1.81. The van der Waals surface area contributed by atoms with Gasteiger partial charge in [-0.05, 0) is 18.6 Å². The zero-order valence-corrected chi connectivity index (χ0v) is 7.66. The maximum absolute atomic E-state index is 13.0. The van der Waals surface area contributed by atoms with Crippen LogP contribution in [0.3, 0.4) is 0 Å². The molecule has 0 bridgehead atoms. The summed E-state index contributed by atoms with van der Waals surface area (Å²) in [5, 5.41) is 0. The summed E-state index contributed by atoms with van der Waals surface area (Å²) in [4.78, 5) is 0. The smallest absolute Gasteiger partial charge is 0.165 e. The Bertz CT molecular complexity index is 265. The number of rotatable bonds is 4. The lowest BCUT2D eigenvalue weighted by molar-refractivity contribution is 0.273. The predicted molar refractivity (Wildman–Crippen MR) is 50.2 cm³/mol. The second-order valence-electron chi connectivity index (χ2n) is 2.91. The summed E-state index contributed by atoms with van der Waals surface area (Å²) in [6.45, 7) is 2.33. The second kappa shape index (κ2) is 4.82. The Kier molecular flexibility index (Phi) is 3.71. The Hall–Kier alpha value is -1.09. The Morgan fingerprint density at radius 3 is 2.77 bits per heavy atom.